The molecule has 1 unspecified atom stereocenters. The van der Waals surface area contributed by atoms with Crippen LogP contribution in [0.1, 0.15) is 12.0 Å². The lowest BCUT2D eigenvalue weighted by Crippen LogP contribution is -2.21. The highest BCUT2D eigenvalue weighted by Crippen LogP contribution is 2.24. The molecule has 5 nitrogen and oxygen atoms in total. The number of hydrogen-bond acceptors (Lipinski definition) is 4. The fourth-order valence-electron chi connectivity index (χ4n) is 2.16. The van der Waals surface area contributed by atoms with E-state index in [4.69, 9.17) is 4.74 Å². The van der Waals surface area contributed by atoms with Crippen molar-refractivity contribution < 1.29 is 19.0 Å². The summed E-state index contributed by atoms with van der Waals surface area (Å²) < 4.78 is 18.5. The standard InChI is InChI=1S/C17H19FN2O3/c1-19-11-20-10-14(21)9-16(22)17-7-6-15(23-17)8-12-2-4-13(18)5-3-12/h2-6,9,11,17,22H,7-8,10H2,1H3,(H,19,20)/b16-9-. The molecule has 2 rings (SSSR count). The predicted molar refractivity (Wildman–Crippen MR) is 85.8 cm³/mol. The van der Waals surface area contributed by atoms with Crippen LogP contribution in [0, 0.1) is 5.82 Å². The van der Waals surface area contributed by atoms with E-state index in [1.807, 2.05) is 6.08 Å². The van der Waals surface area contributed by atoms with Gasteiger partial charge in [-0.25, -0.2) is 4.39 Å². The Bertz CT molecular complexity index is 636. The van der Waals surface area contributed by atoms with E-state index >= 15 is 0 Å². The van der Waals surface area contributed by atoms with Crippen LogP contribution in [-0.4, -0.2) is 36.9 Å². The molecule has 0 radical (unpaired) electrons. The largest absolute Gasteiger partial charge is 0.508 e. The summed E-state index contributed by atoms with van der Waals surface area (Å²) in [6.45, 7) is 0.0595. The van der Waals surface area contributed by atoms with Crippen molar-refractivity contribution in [3.8, 4) is 0 Å². The summed E-state index contributed by atoms with van der Waals surface area (Å²) in [4.78, 5) is 15.3. The van der Waals surface area contributed by atoms with Gasteiger partial charge >= 0.3 is 0 Å². The van der Waals surface area contributed by atoms with Crippen molar-refractivity contribution >= 4 is 12.1 Å². The maximum Gasteiger partial charge on any atom is 0.178 e. The molecular weight excluding hydrogens is 299 g/mol. The molecule has 0 amide bonds. The molecule has 0 fully saturated rings. The highest BCUT2D eigenvalue weighted by molar-refractivity contribution is 5.92. The lowest BCUT2D eigenvalue weighted by Gasteiger charge is -2.12. The molecule has 6 heteroatoms. The number of aliphatic hydroxyl groups is 1. The van der Waals surface area contributed by atoms with Crippen LogP contribution in [0.2, 0.25) is 0 Å². The van der Waals surface area contributed by atoms with Gasteiger partial charge in [-0.2, -0.15) is 0 Å². The van der Waals surface area contributed by atoms with Crippen LogP contribution < -0.4 is 5.32 Å². The van der Waals surface area contributed by atoms with Crippen LogP contribution in [0.4, 0.5) is 4.39 Å². The smallest absolute Gasteiger partial charge is 0.178 e. The number of nitrogens with zero attached hydrogens (tertiary/aromatic N) is 1. The monoisotopic (exact) mass is 318 g/mol. The lowest BCUT2D eigenvalue weighted by molar-refractivity contribution is -0.113. The van der Waals surface area contributed by atoms with Gasteiger partial charge in [-0.15, -0.1) is 0 Å². The van der Waals surface area contributed by atoms with E-state index in [2.05, 4.69) is 10.3 Å². The summed E-state index contributed by atoms with van der Waals surface area (Å²) >= 11 is 0. The van der Waals surface area contributed by atoms with Crippen LogP contribution >= 0.6 is 0 Å². The third kappa shape index (κ3) is 5.25. The van der Waals surface area contributed by atoms with E-state index < -0.39 is 6.10 Å². The van der Waals surface area contributed by atoms with Gasteiger partial charge in [-0.05, 0) is 23.8 Å². The lowest BCUT2D eigenvalue weighted by atomic mass is 10.1. The molecule has 1 aliphatic heterocycles. The van der Waals surface area contributed by atoms with Gasteiger partial charge < -0.3 is 15.2 Å². The average molecular weight is 318 g/mol. The van der Waals surface area contributed by atoms with Gasteiger partial charge in [0.15, 0.2) is 11.9 Å². The Labute approximate surface area is 134 Å². The molecule has 0 saturated carbocycles. The van der Waals surface area contributed by atoms with E-state index in [9.17, 15) is 14.3 Å². The van der Waals surface area contributed by atoms with Crippen LogP contribution in [0.25, 0.3) is 0 Å². The first-order chi connectivity index (χ1) is 11.1. The van der Waals surface area contributed by atoms with Crippen LogP contribution in [0.5, 0.6) is 0 Å². The summed E-state index contributed by atoms with van der Waals surface area (Å²) in [5.74, 6) is 0.0487. The third-order valence-corrected chi connectivity index (χ3v) is 3.28. The van der Waals surface area contributed by atoms with E-state index in [-0.39, 0.29) is 23.9 Å². The van der Waals surface area contributed by atoms with Gasteiger partial charge in [0.05, 0.1) is 18.6 Å². The number of allylic oxidation sites excluding steroid dienone is 1. The van der Waals surface area contributed by atoms with Crippen molar-refractivity contribution in [2.24, 2.45) is 4.99 Å². The Morgan fingerprint density at radius 1 is 1.48 bits per heavy atom. The zero-order valence-electron chi connectivity index (χ0n) is 12.8. The number of benzene rings is 1. The summed E-state index contributed by atoms with van der Waals surface area (Å²) in [6, 6.07) is 6.16. The number of hydrogen-bond donors (Lipinski definition) is 2. The minimum atomic E-state index is -0.547. The van der Waals surface area contributed by atoms with Gasteiger partial charge in [-0.3, -0.25) is 9.79 Å². The van der Waals surface area contributed by atoms with E-state index in [1.54, 1.807) is 19.2 Å². The molecule has 0 aromatic heterocycles. The minimum Gasteiger partial charge on any atom is -0.508 e. The van der Waals surface area contributed by atoms with Crippen LogP contribution in [0.15, 0.2) is 52.9 Å². The Morgan fingerprint density at radius 2 is 2.22 bits per heavy atom. The molecule has 1 aromatic carbocycles. The summed E-state index contributed by atoms with van der Waals surface area (Å²) in [6.07, 6.45) is 4.91. The second-order valence-corrected chi connectivity index (χ2v) is 5.12. The fraction of sp³-hybridized carbons (Fsp3) is 0.294. The number of nitrogens with one attached hydrogen (secondary N) is 1. The molecule has 0 bridgehead atoms. The molecule has 122 valence electrons. The summed E-state index contributed by atoms with van der Waals surface area (Å²) in [5.41, 5.74) is 0.917. The van der Waals surface area contributed by atoms with Crippen LogP contribution in [0.3, 0.4) is 0 Å². The Morgan fingerprint density at radius 3 is 2.91 bits per heavy atom. The third-order valence-electron chi connectivity index (χ3n) is 3.28. The SMILES string of the molecule is CN=CNCC(=O)/C=C(\O)C1CC=C(Cc2ccc(F)cc2)O1. The molecule has 1 atom stereocenters. The first kappa shape index (κ1) is 16.7. The first-order valence-corrected chi connectivity index (χ1v) is 7.26. The van der Waals surface area contributed by atoms with Crippen molar-refractivity contribution in [2.45, 2.75) is 18.9 Å². The normalized spacial score (nSPS) is 17.9. The van der Waals surface area contributed by atoms with Crippen molar-refractivity contribution in [3.05, 3.63) is 59.3 Å². The van der Waals surface area contributed by atoms with Crippen molar-refractivity contribution in [1.29, 1.82) is 0 Å². The first-order valence-electron chi connectivity index (χ1n) is 7.26. The van der Waals surface area contributed by atoms with Gasteiger partial charge in [0, 0.05) is 26.0 Å². The van der Waals surface area contributed by atoms with E-state index in [0.29, 0.717) is 18.6 Å². The van der Waals surface area contributed by atoms with E-state index in [0.717, 1.165) is 11.6 Å². The topological polar surface area (TPSA) is 70.9 Å². The molecule has 1 aliphatic rings. The Kier molecular flexibility index (Phi) is 5.91. The maximum absolute atomic E-state index is 12.9. The minimum absolute atomic E-state index is 0.0595. The van der Waals surface area contributed by atoms with Gasteiger partial charge in [0.1, 0.15) is 11.6 Å². The second-order valence-electron chi connectivity index (χ2n) is 5.12. The van der Waals surface area contributed by atoms with Crippen molar-refractivity contribution in [2.75, 3.05) is 13.6 Å². The molecule has 1 aromatic rings. The fourth-order valence-corrected chi connectivity index (χ4v) is 2.16. The number of ketones is 1. The highest BCUT2D eigenvalue weighted by Gasteiger charge is 2.22. The molecule has 1 heterocycles. The average Bonchev–Trinajstić information content (AvgIpc) is 2.98. The molecule has 23 heavy (non-hydrogen) atoms. The number of aliphatic hydroxyl groups excluding tert-OH is 1. The number of aliphatic imine (C=N–C) groups is 1. The number of rotatable bonds is 7. The summed E-state index contributed by atoms with van der Waals surface area (Å²) in [5, 5.41) is 12.7. The molecule has 0 aliphatic carbocycles. The van der Waals surface area contributed by atoms with Gasteiger partial charge in [0.25, 0.3) is 0 Å². The Hall–Kier alpha value is -2.63. The molecule has 0 spiro atoms. The quantitative estimate of drug-likeness (QED) is 0.350. The molecule has 0 saturated heterocycles. The maximum atomic E-state index is 12.9. The van der Waals surface area contributed by atoms with Crippen molar-refractivity contribution in [3.63, 3.8) is 0 Å². The Balaban J connectivity index is 1.85. The summed E-state index contributed by atoms with van der Waals surface area (Å²) in [7, 11) is 1.59. The molecule has 2 N–H and O–H groups in total. The van der Waals surface area contributed by atoms with Crippen molar-refractivity contribution in [1.82, 2.24) is 5.32 Å². The number of carbonyl (C=O) groups excluding carboxylic acids is 1. The highest BCUT2D eigenvalue weighted by atomic mass is 19.1. The number of halogens is 1. The predicted octanol–water partition coefficient (Wildman–Crippen LogP) is 2.30. The second kappa shape index (κ2) is 8.12. The zero-order valence-corrected chi connectivity index (χ0v) is 12.8. The van der Waals surface area contributed by atoms with Gasteiger partial charge in [-0.1, -0.05) is 12.1 Å². The number of carbonyl (C=O) groups is 1. The van der Waals surface area contributed by atoms with Gasteiger partial charge in [0.2, 0.25) is 0 Å². The van der Waals surface area contributed by atoms with E-state index in [1.165, 1.54) is 18.5 Å². The molecular formula is C17H19FN2O3. The number of ether oxygens (including phenoxy) is 1. The zero-order chi connectivity index (χ0) is 16.7. The van der Waals surface area contributed by atoms with Crippen LogP contribution in [-0.2, 0) is 16.0 Å².